The minimum atomic E-state index is -0.284. The van der Waals surface area contributed by atoms with Crippen molar-refractivity contribution in [1.82, 2.24) is 19.7 Å². The van der Waals surface area contributed by atoms with Crippen LogP contribution in [0.5, 0.6) is 0 Å². The van der Waals surface area contributed by atoms with E-state index in [4.69, 9.17) is 34.8 Å². The number of hydrogen-bond acceptors (Lipinski definition) is 4. The lowest BCUT2D eigenvalue weighted by molar-refractivity contribution is 0.534. The smallest absolute Gasteiger partial charge is 0.267 e. The Bertz CT molecular complexity index is 667. The van der Waals surface area contributed by atoms with Gasteiger partial charge in [0.15, 0.2) is 5.16 Å². The predicted octanol–water partition coefficient (Wildman–Crippen LogP) is 3.66. The molecule has 19 heavy (non-hydrogen) atoms. The molecule has 0 saturated carbocycles. The predicted molar refractivity (Wildman–Crippen MR) is 76.6 cm³/mol. The van der Waals surface area contributed by atoms with Gasteiger partial charge in [0, 0.05) is 6.04 Å². The summed E-state index contributed by atoms with van der Waals surface area (Å²) in [6.07, 6.45) is 0. The molecule has 0 aromatic carbocycles. The number of nitrogens with zero attached hydrogens (tertiary/aromatic N) is 3. The highest BCUT2D eigenvalue weighted by Crippen LogP contribution is 2.34. The third kappa shape index (κ3) is 3.08. The zero-order valence-corrected chi connectivity index (χ0v) is 13.0. The minimum absolute atomic E-state index is 0.0321. The second kappa shape index (κ2) is 5.75. The third-order valence-electron chi connectivity index (χ3n) is 2.23. The summed E-state index contributed by atoms with van der Waals surface area (Å²) < 4.78 is 1.51. The van der Waals surface area contributed by atoms with Crippen molar-refractivity contribution in [3.63, 3.8) is 0 Å². The van der Waals surface area contributed by atoms with Crippen molar-refractivity contribution in [2.45, 2.75) is 30.1 Å². The molecule has 0 spiro atoms. The Labute approximate surface area is 128 Å². The molecule has 0 atom stereocenters. The zero-order valence-electron chi connectivity index (χ0n) is 9.95. The summed E-state index contributed by atoms with van der Waals surface area (Å²) in [5.74, 6) is 0. The van der Waals surface area contributed by atoms with Gasteiger partial charge in [0.2, 0.25) is 0 Å². The molecule has 0 bridgehead atoms. The van der Waals surface area contributed by atoms with Crippen molar-refractivity contribution in [3.8, 4) is 0 Å². The van der Waals surface area contributed by atoms with E-state index in [2.05, 4.69) is 15.2 Å². The van der Waals surface area contributed by atoms with Crippen molar-refractivity contribution in [2.24, 2.45) is 0 Å². The molecular weight excluding hydrogens is 331 g/mol. The van der Waals surface area contributed by atoms with Gasteiger partial charge in [-0.15, -0.1) is 5.10 Å². The van der Waals surface area contributed by atoms with E-state index in [9.17, 15) is 4.79 Å². The maximum atomic E-state index is 11.6. The van der Waals surface area contributed by atoms with Crippen LogP contribution in [0, 0.1) is 0 Å². The van der Waals surface area contributed by atoms with Crippen LogP contribution in [0.2, 0.25) is 15.2 Å². The Morgan fingerprint density at radius 3 is 2.63 bits per heavy atom. The van der Waals surface area contributed by atoms with Crippen molar-refractivity contribution in [3.05, 3.63) is 31.7 Å². The van der Waals surface area contributed by atoms with E-state index in [1.807, 2.05) is 13.8 Å². The Morgan fingerprint density at radius 2 is 2.00 bits per heavy atom. The summed E-state index contributed by atoms with van der Waals surface area (Å²) in [7, 11) is 0. The minimum Gasteiger partial charge on any atom is -0.267 e. The third-order valence-corrected chi connectivity index (χ3v) is 4.28. The Morgan fingerprint density at radius 1 is 1.32 bits per heavy atom. The first kappa shape index (κ1) is 14.7. The molecule has 0 aliphatic carbocycles. The SMILES string of the molecule is CC(C)n1c(Sc2nc(Cl)c(Cl)cc2Cl)n[nH]c1=O. The number of H-pyrrole nitrogens is 1. The van der Waals surface area contributed by atoms with Gasteiger partial charge in [-0.05, 0) is 31.7 Å². The number of nitrogens with one attached hydrogen (secondary N) is 1. The van der Waals surface area contributed by atoms with Crippen LogP contribution >= 0.6 is 46.6 Å². The lowest BCUT2D eigenvalue weighted by Crippen LogP contribution is -2.19. The average molecular weight is 340 g/mol. The first-order valence-corrected chi connectivity index (χ1v) is 7.21. The van der Waals surface area contributed by atoms with E-state index in [1.54, 1.807) is 0 Å². The second-order valence-corrected chi connectivity index (χ2v) is 6.05. The fourth-order valence-electron chi connectivity index (χ4n) is 1.40. The van der Waals surface area contributed by atoms with Crippen LogP contribution in [0.25, 0.3) is 0 Å². The van der Waals surface area contributed by atoms with E-state index >= 15 is 0 Å². The highest BCUT2D eigenvalue weighted by Gasteiger charge is 2.16. The summed E-state index contributed by atoms with van der Waals surface area (Å²) >= 11 is 18.8. The summed E-state index contributed by atoms with van der Waals surface area (Å²) in [5.41, 5.74) is -0.284. The van der Waals surface area contributed by atoms with Crippen molar-refractivity contribution < 1.29 is 0 Å². The molecule has 2 aromatic heterocycles. The summed E-state index contributed by atoms with van der Waals surface area (Å²) in [6, 6.07) is 1.47. The van der Waals surface area contributed by atoms with Gasteiger partial charge < -0.3 is 0 Å². The highest BCUT2D eigenvalue weighted by molar-refractivity contribution is 7.99. The topological polar surface area (TPSA) is 63.6 Å². The quantitative estimate of drug-likeness (QED) is 0.867. The molecule has 0 saturated heterocycles. The van der Waals surface area contributed by atoms with Crippen LogP contribution in [0.1, 0.15) is 19.9 Å². The van der Waals surface area contributed by atoms with Gasteiger partial charge in [0.25, 0.3) is 0 Å². The van der Waals surface area contributed by atoms with Crippen LogP contribution in [0.15, 0.2) is 21.0 Å². The molecule has 2 rings (SSSR count). The van der Waals surface area contributed by atoms with Gasteiger partial charge >= 0.3 is 5.69 Å². The fourth-order valence-corrected chi connectivity index (χ4v) is 3.02. The number of halogens is 3. The second-order valence-electron chi connectivity index (χ2n) is 3.93. The van der Waals surface area contributed by atoms with Gasteiger partial charge in [-0.1, -0.05) is 34.8 Å². The van der Waals surface area contributed by atoms with E-state index in [-0.39, 0.29) is 21.9 Å². The van der Waals surface area contributed by atoms with Crippen LogP contribution in [-0.4, -0.2) is 19.7 Å². The lowest BCUT2D eigenvalue weighted by Gasteiger charge is -2.09. The molecular formula is C10H9Cl3N4OS. The number of aromatic amines is 1. The lowest BCUT2D eigenvalue weighted by atomic mass is 10.4. The standard InChI is InChI=1S/C10H9Cl3N4OS/c1-4(2)17-9(18)15-16-10(17)19-8-6(12)3-5(11)7(13)14-8/h3-4H,1-2H3,(H,15,18). The molecule has 102 valence electrons. The Kier molecular flexibility index (Phi) is 4.45. The highest BCUT2D eigenvalue weighted by atomic mass is 35.5. The first-order chi connectivity index (χ1) is 8.90. The molecule has 0 amide bonds. The molecule has 1 N–H and O–H groups in total. The van der Waals surface area contributed by atoms with Crippen LogP contribution in [-0.2, 0) is 0 Å². The molecule has 0 unspecified atom stereocenters. The maximum absolute atomic E-state index is 11.6. The molecule has 2 heterocycles. The van der Waals surface area contributed by atoms with Crippen LogP contribution in [0.4, 0.5) is 0 Å². The van der Waals surface area contributed by atoms with Gasteiger partial charge in [0.1, 0.15) is 10.2 Å². The normalized spacial score (nSPS) is 11.3. The number of hydrogen-bond donors (Lipinski definition) is 1. The van der Waals surface area contributed by atoms with Gasteiger partial charge in [-0.3, -0.25) is 4.57 Å². The summed E-state index contributed by atoms with van der Waals surface area (Å²) in [6.45, 7) is 3.76. The number of pyridine rings is 1. The van der Waals surface area contributed by atoms with E-state index in [1.165, 1.54) is 10.6 Å². The van der Waals surface area contributed by atoms with E-state index in [0.717, 1.165) is 11.8 Å². The van der Waals surface area contributed by atoms with Crippen LogP contribution in [0.3, 0.4) is 0 Å². The van der Waals surface area contributed by atoms with E-state index < -0.39 is 0 Å². The van der Waals surface area contributed by atoms with Crippen molar-refractivity contribution in [2.75, 3.05) is 0 Å². The maximum Gasteiger partial charge on any atom is 0.344 e. The molecule has 0 aliphatic rings. The molecule has 0 fully saturated rings. The molecule has 5 nitrogen and oxygen atoms in total. The first-order valence-electron chi connectivity index (χ1n) is 5.26. The molecule has 2 aromatic rings. The van der Waals surface area contributed by atoms with Gasteiger partial charge in [-0.25, -0.2) is 14.9 Å². The number of rotatable bonds is 3. The summed E-state index contributed by atoms with van der Waals surface area (Å²) in [5, 5.41) is 8.02. The Balaban J connectivity index is 2.42. The van der Waals surface area contributed by atoms with Gasteiger partial charge in [0.05, 0.1) is 10.0 Å². The fraction of sp³-hybridized carbons (Fsp3) is 0.300. The summed E-state index contributed by atoms with van der Waals surface area (Å²) in [4.78, 5) is 15.7. The van der Waals surface area contributed by atoms with E-state index in [0.29, 0.717) is 15.2 Å². The number of aromatic nitrogens is 4. The van der Waals surface area contributed by atoms with Gasteiger partial charge in [-0.2, -0.15) is 0 Å². The Hall–Kier alpha value is -0.690. The molecule has 9 heteroatoms. The monoisotopic (exact) mass is 338 g/mol. The molecule has 0 radical (unpaired) electrons. The van der Waals surface area contributed by atoms with Crippen LogP contribution < -0.4 is 5.69 Å². The largest absolute Gasteiger partial charge is 0.344 e. The average Bonchev–Trinajstić information content (AvgIpc) is 2.67. The molecule has 0 aliphatic heterocycles. The van der Waals surface area contributed by atoms with Crippen molar-refractivity contribution >= 4 is 46.6 Å². The zero-order chi connectivity index (χ0) is 14.2. The van der Waals surface area contributed by atoms with Crippen molar-refractivity contribution in [1.29, 1.82) is 0 Å².